The lowest BCUT2D eigenvalue weighted by molar-refractivity contribution is 0.0682. The van der Waals surface area contributed by atoms with Crippen LogP contribution in [0.4, 0.5) is 0 Å². The molecule has 3 rings (SSSR count). The summed E-state index contributed by atoms with van der Waals surface area (Å²) in [6.45, 7) is 4.52. The van der Waals surface area contributed by atoms with Crippen LogP contribution in [0.1, 0.15) is 42.2 Å². The van der Waals surface area contributed by atoms with E-state index in [0.29, 0.717) is 12.0 Å². The van der Waals surface area contributed by atoms with Crippen molar-refractivity contribution in [2.24, 2.45) is 0 Å². The van der Waals surface area contributed by atoms with E-state index in [1.165, 1.54) is 0 Å². The van der Waals surface area contributed by atoms with Crippen molar-refractivity contribution in [1.29, 1.82) is 0 Å². The van der Waals surface area contributed by atoms with Gasteiger partial charge in [-0.1, -0.05) is 6.07 Å². The van der Waals surface area contributed by atoms with Gasteiger partial charge in [0.05, 0.1) is 11.6 Å². The van der Waals surface area contributed by atoms with Gasteiger partial charge in [0, 0.05) is 29.2 Å². The average molecular weight is 298 g/mol. The molecule has 1 aromatic heterocycles. The molecular formula is C18H22N2O2. The number of aliphatic hydroxyl groups excluding tert-OH is 1. The third-order valence-corrected chi connectivity index (χ3v) is 4.33. The molecule has 0 bridgehead atoms. The maximum absolute atomic E-state index is 12.8. The van der Waals surface area contributed by atoms with E-state index in [0.717, 1.165) is 36.0 Å². The summed E-state index contributed by atoms with van der Waals surface area (Å²) >= 11 is 0. The number of hydrogen-bond donors (Lipinski definition) is 1. The Bertz CT molecular complexity index is 697. The highest BCUT2D eigenvalue weighted by molar-refractivity contribution is 5.98. The van der Waals surface area contributed by atoms with Crippen molar-refractivity contribution in [2.45, 2.75) is 45.3 Å². The fraction of sp³-hybridized carbons (Fsp3) is 0.444. The van der Waals surface area contributed by atoms with Crippen LogP contribution in [-0.4, -0.2) is 39.6 Å². The topological polar surface area (TPSA) is 53.4 Å². The first-order valence-electron chi connectivity index (χ1n) is 7.91. The number of hydrogen-bond acceptors (Lipinski definition) is 3. The van der Waals surface area contributed by atoms with Crippen LogP contribution in [0.15, 0.2) is 30.3 Å². The Morgan fingerprint density at radius 1 is 1.41 bits per heavy atom. The number of carbonyl (C=O) groups excluding carboxylic acids is 1. The Hall–Kier alpha value is -1.94. The Labute approximate surface area is 130 Å². The third-order valence-electron chi connectivity index (χ3n) is 4.33. The molecule has 0 spiro atoms. The maximum atomic E-state index is 12.8. The molecule has 2 unspecified atom stereocenters. The van der Waals surface area contributed by atoms with Gasteiger partial charge in [-0.3, -0.25) is 9.78 Å². The van der Waals surface area contributed by atoms with Crippen molar-refractivity contribution in [3.8, 4) is 0 Å². The zero-order valence-corrected chi connectivity index (χ0v) is 13.1. The fourth-order valence-electron chi connectivity index (χ4n) is 3.27. The molecule has 1 aliphatic heterocycles. The number of likely N-dealkylation sites (tertiary alicyclic amines) is 1. The van der Waals surface area contributed by atoms with Crippen LogP contribution in [0.2, 0.25) is 0 Å². The second-order valence-electron chi connectivity index (χ2n) is 6.24. The van der Waals surface area contributed by atoms with Gasteiger partial charge in [0.15, 0.2) is 0 Å². The summed E-state index contributed by atoms with van der Waals surface area (Å²) in [7, 11) is 0. The van der Waals surface area contributed by atoms with Crippen molar-refractivity contribution in [1.82, 2.24) is 9.88 Å². The molecule has 1 saturated heterocycles. The molecule has 4 nitrogen and oxygen atoms in total. The van der Waals surface area contributed by atoms with Gasteiger partial charge in [0.25, 0.3) is 5.91 Å². The normalized spacial score (nSPS) is 19.6. The van der Waals surface area contributed by atoms with Gasteiger partial charge in [0.1, 0.15) is 0 Å². The lowest BCUT2D eigenvalue weighted by Gasteiger charge is -2.26. The van der Waals surface area contributed by atoms with E-state index >= 15 is 0 Å². The van der Waals surface area contributed by atoms with E-state index in [4.69, 9.17) is 0 Å². The molecule has 1 aliphatic rings. The summed E-state index contributed by atoms with van der Waals surface area (Å²) in [5, 5.41) is 10.6. The molecule has 116 valence electrons. The molecule has 0 saturated carbocycles. The second kappa shape index (κ2) is 6.05. The van der Waals surface area contributed by atoms with Crippen LogP contribution in [0, 0.1) is 6.92 Å². The van der Waals surface area contributed by atoms with Gasteiger partial charge >= 0.3 is 0 Å². The molecular weight excluding hydrogens is 276 g/mol. The van der Waals surface area contributed by atoms with Crippen molar-refractivity contribution in [3.63, 3.8) is 0 Å². The van der Waals surface area contributed by atoms with Crippen LogP contribution in [0.25, 0.3) is 10.9 Å². The number of pyridine rings is 1. The summed E-state index contributed by atoms with van der Waals surface area (Å²) < 4.78 is 0. The summed E-state index contributed by atoms with van der Waals surface area (Å²) in [5.41, 5.74) is 2.59. The van der Waals surface area contributed by atoms with Gasteiger partial charge in [-0.25, -0.2) is 0 Å². The van der Waals surface area contributed by atoms with Gasteiger partial charge < -0.3 is 10.0 Å². The minimum Gasteiger partial charge on any atom is -0.393 e. The van der Waals surface area contributed by atoms with Crippen molar-refractivity contribution >= 4 is 16.8 Å². The molecule has 1 aromatic carbocycles. The molecule has 0 aliphatic carbocycles. The van der Waals surface area contributed by atoms with E-state index in [9.17, 15) is 9.90 Å². The van der Waals surface area contributed by atoms with E-state index in [2.05, 4.69) is 4.98 Å². The SMILES string of the molecule is Cc1ccc2cc(C(=O)N3CCCC3CC(C)O)ccc2n1. The first-order valence-corrected chi connectivity index (χ1v) is 7.91. The molecule has 1 amide bonds. The van der Waals surface area contributed by atoms with E-state index < -0.39 is 0 Å². The van der Waals surface area contributed by atoms with Crippen molar-refractivity contribution < 1.29 is 9.90 Å². The third kappa shape index (κ3) is 2.97. The summed E-state index contributed by atoms with van der Waals surface area (Å²) in [6, 6.07) is 9.81. The summed E-state index contributed by atoms with van der Waals surface area (Å²) in [6.07, 6.45) is 2.27. The highest BCUT2D eigenvalue weighted by Crippen LogP contribution is 2.25. The van der Waals surface area contributed by atoms with Crippen molar-refractivity contribution in [2.75, 3.05) is 6.54 Å². The van der Waals surface area contributed by atoms with Crippen LogP contribution >= 0.6 is 0 Å². The Balaban J connectivity index is 1.86. The van der Waals surface area contributed by atoms with Gasteiger partial charge in [-0.15, -0.1) is 0 Å². The lowest BCUT2D eigenvalue weighted by atomic mass is 10.1. The molecule has 2 heterocycles. The molecule has 22 heavy (non-hydrogen) atoms. The minimum atomic E-state index is -0.373. The predicted molar refractivity (Wildman–Crippen MR) is 86.8 cm³/mol. The number of amides is 1. The summed E-state index contributed by atoms with van der Waals surface area (Å²) in [5.74, 6) is 0.0608. The number of fused-ring (bicyclic) bond motifs is 1. The molecule has 1 fully saturated rings. The highest BCUT2D eigenvalue weighted by atomic mass is 16.3. The number of aromatic nitrogens is 1. The quantitative estimate of drug-likeness (QED) is 0.948. The Morgan fingerprint density at radius 3 is 3.00 bits per heavy atom. The van der Waals surface area contributed by atoms with Crippen LogP contribution in [0.5, 0.6) is 0 Å². The number of aliphatic hydroxyl groups is 1. The van der Waals surface area contributed by atoms with E-state index in [-0.39, 0.29) is 18.1 Å². The summed E-state index contributed by atoms with van der Waals surface area (Å²) in [4.78, 5) is 19.2. The zero-order valence-electron chi connectivity index (χ0n) is 13.1. The van der Waals surface area contributed by atoms with E-state index in [1.54, 1.807) is 6.92 Å². The minimum absolute atomic E-state index is 0.0608. The second-order valence-corrected chi connectivity index (χ2v) is 6.24. The maximum Gasteiger partial charge on any atom is 0.254 e. The number of rotatable bonds is 3. The highest BCUT2D eigenvalue weighted by Gasteiger charge is 2.30. The number of carbonyl (C=O) groups is 1. The Morgan fingerprint density at radius 2 is 2.23 bits per heavy atom. The average Bonchev–Trinajstić information content (AvgIpc) is 2.93. The monoisotopic (exact) mass is 298 g/mol. The predicted octanol–water partition coefficient (Wildman–Crippen LogP) is 2.92. The molecule has 4 heteroatoms. The number of benzene rings is 1. The standard InChI is InChI=1S/C18H22N2O2/c1-12-5-6-14-11-15(7-8-17(14)19-12)18(22)20-9-3-4-16(20)10-13(2)21/h5-8,11,13,16,21H,3-4,9-10H2,1-2H3. The first-order chi connectivity index (χ1) is 10.5. The number of aryl methyl sites for hydroxylation is 1. The van der Waals surface area contributed by atoms with Crippen molar-refractivity contribution in [3.05, 3.63) is 41.6 Å². The lowest BCUT2D eigenvalue weighted by Crippen LogP contribution is -2.37. The van der Waals surface area contributed by atoms with Gasteiger partial charge in [-0.2, -0.15) is 0 Å². The first kappa shape index (κ1) is 15.0. The Kier molecular flexibility index (Phi) is 4.12. The van der Waals surface area contributed by atoms with E-state index in [1.807, 2.05) is 42.2 Å². The largest absolute Gasteiger partial charge is 0.393 e. The van der Waals surface area contributed by atoms with Gasteiger partial charge in [-0.05, 0) is 57.4 Å². The number of nitrogens with zero attached hydrogens (tertiary/aromatic N) is 2. The zero-order chi connectivity index (χ0) is 15.7. The molecule has 2 aromatic rings. The van der Waals surface area contributed by atoms with Gasteiger partial charge in [0.2, 0.25) is 0 Å². The fourth-order valence-corrected chi connectivity index (χ4v) is 3.27. The molecule has 2 atom stereocenters. The van der Waals surface area contributed by atoms with Crippen LogP contribution in [-0.2, 0) is 0 Å². The van der Waals surface area contributed by atoms with Crippen LogP contribution < -0.4 is 0 Å². The van der Waals surface area contributed by atoms with Crippen LogP contribution in [0.3, 0.4) is 0 Å². The molecule has 1 N–H and O–H groups in total. The smallest absolute Gasteiger partial charge is 0.254 e. The molecule has 0 radical (unpaired) electrons.